The normalized spacial score (nSPS) is 22.8. The van der Waals surface area contributed by atoms with Gasteiger partial charge in [-0.2, -0.15) is 0 Å². The zero-order valence-electron chi connectivity index (χ0n) is 17.0. The van der Waals surface area contributed by atoms with Gasteiger partial charge in [-0.3, -0.25) is 9.80 Å². The van der Waals surface area contributed by atoms with E-state index < -0.39 is 5.60 Å². The van der Waals surface area contributed by atoms with E-state index in [9.17, 15) is 4.79 Å². The maximum atomic E-state index is 12.2. The molecule has 2 aliphatic rings. The van der Waals surface area contributed by atoms with Crippen molar-refractivity contribution in [2.75, 3.05) is 65.4 Å². The van der Waals surface area contributed by atoms with Crippen LogP contribution in [-0.4, -0.2) is 103 Å². The van der Waals surface area contributed by atoms with Crippen molar-refractivity contribution in [1.29, 1.82) is 0 Å². The summed E-state index contributed by atoms with van der Waals surface area (Å²) in [4.78, 5) is 21.7. The molecule has 0 aliphatic carbocycles. The minimum absolute atomic E-state index is 0.174. The Morgan fingerprint density at radius 1 is 0.960 bits per heavy atom. The van der Waals surface area contributed by atoms with Crippen LogP contribution < -0.4 is 0 Å². The first kappa shape index (κ1) is 20.5. The SMILES string of the molecule is CCCN1CCN(CC(C)N2CCN(C(=O)OC(C)(C)C)CC2)CC1. The molecule has 2 aliphatic heterocycles. The summed E-state index contributed by atoms with van der Waals surface area (Å²) in [6, 6.07) is 0.540. The molecule has 2 rings (SSSR count). The molecule has 6 nitrogen and oxygen atoms in total. The van der Waals surface area contributed by atoms with E-state index in [2.05, 4.69) is 28.5 Å². The van der Waals surface area contributed by atoms with Crippen LogP contribution in [-0.2, 0) is 4.74 Å². The molecule has 6 heteroatoms. The number of ether oxygens (including phenoxy) is 1. The summed E-state index contributed by atoms with van der Waals surface area (Å²) in [6.45, 7) is 20.9. The zero-order chi connectivity index (χ0) is 18.4. The summed E-state index contributed by atoms with van der Waals surface area (Å²) in [5, 5.41) is 0. The maximum absolute atomic E-state index is 12.2. The minimum Gasteiger partial charge on any atom is -0.444 e. The zero-order valence-corrected chi connectivity index (χ0v) is 17.0. The van der Waals surface area contributed by atoms with E-state index in [1.165, 1.54) is 39.1 Å². The highest BCUT2D eigenvalue weighted by atomic mass is 16.6. The molecular weight excluding hydrogens is 316 g/mol. The second-order valence-electron chi connectivity index (χ2n) is 8.49. The summed E-state index contributed by atoms with van der Waals surface area (Å²) < 4.78 is 5.48. The first-order chi connectivity index (χ1) is 11.8. The largest absolute Gasteiger partial charge is 0.444 e. The molecule has 2 heterocycles. The van der Waals surface area contributed by atoms with Crippen LogP contribution in [0.15, 0.2) is 0 Å². The Kier molecular flexibility index (Phi) is 7.52. The van der Waals surface area contributed by atoms with E-state index >= 15 is 0 Å². The minimum atomic E-state index is -0.415. The van der Waals surface area contributed by atoms with Crippen LogP contribution in [0, 0.1) is 0 Å². The van der Waals surface area contributed by atoms with Crippen LogP contribution in [0.5, 0.6) is 0 Å². The molecule has 2 saturated heterocycles. The number of carbonyl (C=O) groups is 1. The second-order valence-corrected chi connectivity index (χ2v) is 8.49. The molecule has 2 fully saturated rings. The average Bonchev–Trinajstić information content (AvgIpc) is 2.55. The van der Waals surface area contributed by atoms with Crippen molar-refractivity contribution in [3.05, 3.63) is 0 Å². The third kappa shape index (κ3) is 6.76. The summed E-state index contributed by atoms with van der Waals surface area (Å²) in [6.07, 6.45) is 1.07. The van der Waals surface area contributed by atoms with Crippen LogP contribution >= 0.6 is 0 Å². The van der Waals surface area contributed by atoms with E-state index in [1.807, 2.05) is 25.7 Å². The molecule has 0 spiro atoms. The molecule has 1 unspecified atom stereocenters. The Morgan fingerprint density at radius 2 is 1.52 bits per heavy atom. The highest BCUT2D eigenvalue weighted by Gasteiger charge is 2.28. The Morgan fingerprint density at radius 3 is 2.04 bits per heavy atom. The van der Waals surface area contributed by atoms with Gasteiger partial charge in [-0.25, -0.2) is 4.79 Å². The van der Waals surface area contributed by atoms with Gasteiger partial charge in [0.25, 0.3) is 0 Å². The van der Waals surface area contributed by atoms with Crippen molar-refractivity contribution in [2.24, 2.45) is 0 Å². The topological polar surface area (TPSA) is 39.3 Å². The van der Waals surface area contributed by atoms with Gasteiger partial charge >= 0.3 is 6.09 Å². The van der Waals surface area contributed by atoms with Crippen molar-refractivity contribution < 1.29 is 9.53 Å². The molecule has 0 radical (unpaired) electrons. The van der Waals surface area contributed by atoms with Gasteiger partial charge in [0.1, 0.15) is 5.60 Å². The number of amides is 1. The lowest BCUT2D eigenvalue weighted by Crippen LogP contribution is -2.56. The number of nitrogens with zero attached hydrogens (tertiary/aromatic N) is 4. The van der Waals surface area contributed by atoms with E-state index in [4.69, 9.17) is 4.74 Å². The Hall–Kier alpha value is -0.850. The van der Waals surface area contributed by atoms with Gasteiger partial charge in [0.15, 0.2) is 0 Å². The molecule has 0 bridgehead atoms. The fourth-order valence-corrected chi connectivity index (χ4v) is 3.67. The lowest BCUT2D eigenvalue weighted by atomic mass is 10.2. The molecule has 0 aromatic heterocycles. The standard InChI is InChI=1S/C19H38N4O2/c1-6-7-20-8-10-21(11-9-20)16-17(2)22-12-14-23(15-13-22)18(24)25-19(3,4)5/h17H,6-16H2,1-5H3. The Balaban J connectivity index is 1.69. The van der Waals surface area contributed by atoms with E-state index in [-0.39, 0.29) is 6.09 Å². The van der Waals surface area contributed by atoms with Crippen molar-refractivity contribution >= 4 is 6.09 Å². The number of carbonyl (C=O) groups excluding carboxylic acids is 1. The van der Waals surface area contributed by atoms with Crippen LogP contribution in [0.25, 0.3) is 0 Å². The molecule has 1 atom stereocenters. The van der Waals surface area contributed by atoms with Crippen molar-refractivity contribution in [2.45, 2.75) is 52.7 Å². The monoisotopic (exact) mass is 354 g/mol. The average molecular weight is 355 g/mol. The highest BCUT2D eigenvalue weighted by molar-refractivity contribution is 5.68. The summed E-state index contributed by atoms with van der Waals surface area (Å²) in [5.41, 5.74) is -0.415. The molecule has 1 amide bonds. The third-order valence-electron chi connectivity index (χ3n) is 5.12. The number of hydrogen-bond donors (Lipinski definition) is 0. The van der Waals surface area contributed by atoms with Crippen LogP contribution in [0.2, 0.25) is 0 Å². The second kappa shape index (κ2) is 9.19. The smallest absolute Gasteiger partial charge is 0.410 e. The van der Waals surface area contributed by atoms with Crippen LogP contribution in [0.4, 0.5) is 4.79 Å². The number of piperazine rings is 2. The van der Waals surface area contributed by atoms with Gasteiger partial charge < -0.3 is 14.5 Å². The van der Waals surface area contributed by atoms with Gasteiger partial charge in [0.2, 0.25) is 0 Å². The van der Waals surface area contributed by atoms with Crippen molar-refractivity contribution in [3.8, 4) is 0 Å². The van der Waals surface area contributed by atoms with Gasteiger partial charge in [-0.05, 0) is 40.7 Å². The first-order valence-electron chi connectivity index (χ1n) is 9.95. The Labute approximate surface area is 154 Å². The lowest BCUT2D eigenvalue weighted by Gasteiger charge is -2.41. The number of hydrogen-bond acceptors (Lipinski definition) is 5. The molecule has 146 valence electrons. The predicted molar refractivity (Wildman–Crippen MR) is 102 cm³/mol. The quantitative estimate of drug-likeness (QED) is 0.755. The molecule has 0 N–H and O–H groups in total. The summed E-state index contributed by atoms with van der Waals surface area (Å²) >= 11 is 0. The fourth-order valence-electron chi connectivity index (χ4n) is 3.67. The van der Waals surface area contributed by atoms with Gasteiger partial charge in [0, 0.05) is 64.9 Å². The molecular formula is C19H38N4O2. The lowest BCUT2D eigenvalue weighted by molar-refractivity contribution is 0.00813. The van der Waals surface area contributed by atoms with E-state index in [0.717, 1.165) is 32.7 Å². The summed E-state index contributed by atoms with van der Waals surface area (Å²) in [7, 11) is 0. The Bertz CT molecular complexity index is 408. The van der Waals surface area contributed by atoms with Crippen LogP contribution in [0.1, 0.15) is 41.0 Å². The van der Waals surface area contributed by atoms with Crippen molar-refractivity contribution in [1.82, 2.24) is 19.6 Å². The van der Waals surface area contributed by atoms with E-state index in [1.54, 1.807) is 0 Å². The van der Waals surface area contributed by atoms with E-state index in [0.29, 0.717) is 6.04 Å². The van der Waals surface area contributed by atoms with Gasteiger partial charge in [-0.1, -0.05) is 6.92 Å². The maximum Gasteiger partial charge on any atom is 0.410 e. The molecule has 0 saturated carbocycles. The molecule has 25 heavy (non-hydrogen) atoms. The van der Waals surface area contributed by atoms with Gasteiger partial charge in [-0.15, -0.1) is 0 Å². The first-order valence-corrected chi connectivity index (χ1v) is 9.95. The fraction of sp³-hybridized carbons (Fsp3) is 0.947. The van der Waals surface area contributed by atoms with Gasteiger partial charge in [0.05, 0.1) is 0 Å². The predicted octanol–water partition coefficient (Wildman–Crippen LogP) is 1.96. The third-order valence-corrected chi connectivity index (χ3v) is 5.12. The molecule has 0 aromatic rings. The van der Waals surface area contributed by atoms with Crippen LogP contribution in [0.3, 0.4) is 0 Å². The summed E-state index contributed by atoms with van der Waals surface area (Å²) in [5.74, 6) is 0. The number of rotatable bonds is 5. The molecule has 0 aromatic carbocycles. The van der Waals surface area contributed by atoms with Crippen molar-refractivity contribution in [3.63, 3.8) is 0 Å². The highest BCUT2D eigenvalue weighted by Crippen LogP contribution is 2.14.